The molecule has 0 radical (unpaired) electrons. The molecule has 0 saturated carbocycles. The van der Waals surface area contributed by atoms with Crippen LogP contribution < -0.4 is 5.32 Å². The van der Waals surface area contributed by atoms with Crippen molar-refractivity contribution >= 4 is 28.8 Å². The van der Waals surface area contributed by atoms with E-state index in [0.717, 1.165) is 9.88 Å². The summed E-state index contributed by atoms with van der Waals surface area (Å²) < 4.78 is 0. The summed E-state index contributed by atoms with van der Waals surface area (Å²) >= 11 is 7.22. The fourth-order valence-corrected chi connectivity index (χ4v) is 1.83. The van der Waals surface area contributed by atoms with E-state index in [9.17, 15) is 4.79 Å². The summed E-state index contributed by atoms with van der Waals surface area (Å²) in [4.78, 5) is 16.4. The Balaban J connectivity index is 2.59. The van der Waals surface area contributed by atoms with Crippen LogP contribution in [-0.4, -0.2) is 16.3 Å². The molecule has 0 aromatic carbocycles. The van der Waals surface area contributed by atoms with Crippen LogP contribution in [0, 0.1) is 6.92 Å². The maximum Gasteiger partial charge on any atom is 0.238 e. The lowest BCUT2D eigenvalue weighted by atomic mass is 10.3. The van der Waals surface area contributed by atoms with Crippen LogP contribution in [0.2, 0.25) is 0 Å². The molecule has 1 amide bonds. The van der Waals surface area contributed by atoms with Gasteiger partial charge in [0.05, 0.1) is 11.0 Å². The molecule has 5 heteroatoms. The van der Waals surface area contributed by atoms with Crippen molar-refractivity contribution in [1.82, 2.24) is 10.3 Å². The van der Waals surface area contributed by atoms with E-state index in [1.54, 1.807) is 24.5 Å². The van der Waals surface area contributed by atoms with Gasteiger partial charge in [-0.3, -0.25) is 4.79 Å². The number of aromatic nitrogens is 1. The predicted molar refractivity (Wildman–Crippen MR) is 58.7 cm³/mol. The van der Waals surface area contributed by atoms with Crippen molar-refractivity contribution < 1.29 is 4.79 Å². The lowest BCUT2D eigenvalue weighted by Crippen LogP contribution is -2.31. The molecule has 0 bridgehead atoms. The average molecular weight is 233 g/mol. The number of alkyl halides is 1. The molecule has 0 aliphatic rings. The summed E-state index contributed by atoms with van der Waals surface area (Å²) in [6.07, 6.45) is 1.78. The van der Waals surface area contributed by atoms with Gasteiger partial charge in [-0.1, -0.05) is 0 Å². The minimum atomic E-state index is -0.494. The zero-order chi connectivity index (χ0) is 10.7. The molecule has 0 spiro atoms. The number of rotatable bonds is 3. The zero-order valence-corrected chi connectivity index (χ0v) is 9.95. The second-order valence-electron chi connectivity index (χ2n) is 3.13. The highest BCUT2D eigenvalue weighted by atomic mass is 35.5. The van der Waals surface area contributed by atoms with Crippen LogP contribution >= 0.6 is 22.9 Å². The molecule has 1 aromatic heterocycles. The van der Waals surface area contributed by atoms with Crippen molar-refractivity contribution in [1.29, 1.82) is 0 Å². The molecule has 78 valence electrons. The van der Waals surface area contributed by atoms with Crippen LogP contribution in [0.15, 0.2) is 6.20 Å². The van der Waals surface area contributed by atoms with Gasteiger partial charge in [-0.2, -0.15) is 0 Å². The van der Waals surface area contributed by atoms with Crippen molar-refractivity contribution in [2.24, 2.45) is 0 Å². The molecule has 0 aliphatic carbocycles. The van der Waals surface area contributed by atoms with Gasteiger partial charge in [0.25, 0.3) is 0 Å². The fraction of sp³-hybridized carbons (Fsp3) is 0.556. The first kappa shape index (κ1) is 11.5. The van der Waals surface area contributed by atoms with Crippen LogP contribution in [-0.2, 0) is 4.79 Å². The first-order valence-corrected chi connectivity index (χ1v) is 5.62. The van der Waals surface area contributed by atoms with Crippen LogP contribution in [0.25, 0.3) is 0 Å². The Labute approximate surface area is 92.5 Å². The van der Waals surface area contributed by atoms with Crippen molar-refractivity contribution in [2.75, 3.05) is 0 Å². The number of amides is 1. The molecular weight excluding hydrogens is 220 g/mol. The summed E-state index contributed by atoms with van der Waals surface area (Å²) in [5.41, 5.74) is 0. The Bertz CT molecular complexity index is 324. The van der Waals surface area contributed by atoms with Gasteiger partial charge in [-0.05, 0) is 20.8 Å². The molecule has 2 atom stereocenters. The highest BCUT2D eigenvalue weighted by molar-refractivity contribution is 7.11. The van der Waals surface area contributed by atoms with E-state index in [4.69, 9.17) is 11.6 Å². The lowest BCUT2D eigenvalue weighted by molar-refractivity contribution is -0.121. The largest absolute Gasteiger partial charge is 0.347 e. The van der Waals surface area contributed by atoms with Gasteiger partial charge in [-0.25, -0.2) is 4.98 Å². The van der Waals surface area contributed by atoms with Gasteiger partial charge in [0.2, 0.25) is 5.91 Å². The first-order valence-electron chi connectivity index (χ1n) is 4.37. The van der Waals surface area contributed by atoms with E-state index >= 15 is 0 Å². The molecule has 1 rings (SSSR count). The number of nitrogens with zero attached hydrogens (tertiary/aromatic N) is 1. The van der Waals surface area contributed by atoms with Gasteiger partial charge < -0.3 is 5.32 Å². The number of aryl methyl sites for hydroxylation is 1. The topological polar surface area (TPSA) is 42.0 Å². The number of carbonyl (C=O) groups is 1. The Hall–Kier alpha value is -0.610. The normalized spacial score (nSPS) is 14.9. The summed E-state index contributed by atoms with van der Waals surface area (Å²) in [6, 6.07) is -0.0186. The number of nitrogens with one attached hydrogen (secondary N) is 1. The van der Waals surface area contributed by atoms with Crippen LogP contribution in [0.5, 0.6) is 0 Å². The number of carbonyl (C=O) groups excluding carboxylic acids is 1. The SMILES string of the molecule is Cc1ncc(C(C)NC(=O)C(C)Cl)s1. The monoisotopic (exact) mass is 232 g/mol. The van der Waals surface area contributed by atoms with E-state index in [1.807, 2.05) is 13.8 Å². The molecule has 1 aromatic rings. The van der Waals surface area contributed by atoms with Crippen molar-refractivity contribution in [2.45, 2.75) is 32.2 Å². The van der Waals surface area contributed by atoms with Gasteiger partial charge in [-0.15, -0.1) is 22.9 Å². The quantitative estimate of drug-likeness (QED) is 0.813. The first-order chi connectivity index (χ1) is 6.50. The molecule has 1 heterocycles. The Morgan fingerprint density at radius 2 is 2.29 bits per heavy atom. The second kappa shape index (κ2) is 4.75. The zero-order valence-electron chi connectivity index (χ0n) is 8.37. The number of thiazole rings is 1. The third kappa shape index (κ3) is 2.96. The molecule has 1 N–H and O–H groups in total. The maximum absolute atomic E-state index is 11.3. The molecule has 14 heavy (non-hydrogen) atoms. The highest BCUT2D eigenvalue weighted by Crippen LogP contribution is 2.19. The van der Waals surface area contributed by atoms with E-state index in [-0.39, 0.29) is 11.9 Å². The van der Waals surface area contributed by atoms with Crippen LogP contribution in [0.3, 0.4) is 0 Å². The molecule has 3 nitrogen and oxygen atoms in total. The summed E-state index contributed by atoms with van der Waals surface area (Å²) in [7, 11) is 0. The fourth-order valence-electron chi connectivity index (χ4n) is 0.977. The van der Waals surface area contributed by atoms with Crippen molar-refractivity contribution in [3.8, 4) is 0 Å². The molecule has 0 aliphatic heterocycles. The van der Waals surface area contributed by atoms with Crippen LogP contribution in [0.4, 0.5) is 0 Å². The van der Waals surface area contributed by atoms with Gasteiger partial charge >= 0.3 is 0 Å². The smallest absolute Gasteiger partial charge is 0.238 e. The molecular formula is C9H13ClN2OS. The Morgan fingerprint density at radius 3 is 2.71 bits per heavy atom. The molecule has 0 fully saturated rings. The van der Waals surface area contributed by atoms with E-state index < -0.39 is 5.38 Å². The summed E-state index contributed by atoms with van der Waals surface area (Å²) in [6.45, 7) is 5.51. The minimum Gasteiger partial charge on any atom is -0.347 e. The standard InChI is InChI=1S/C9H13ClN2OS/c1-5(10)9(13)12-6(2)8-4-11-7(3)14-8/h4-6H,1-3H3,(H,12,13). The summed E-state index contributed by atoms with van der Waals surface area (Å²) in [5, 5.41) is 3.31. The van der Waals surface area contributed by atoms with Crippen molar-refractivity contribution in [3.63, 3.8) is 0 Å². The van der Waals surface area contributed by atoms with Gasteiger partial charge in [0.15, 0.2) is 0 Å². The lowest BCUT2D eigenvalue weighted by Gasteiger charge is -2.12. The van der Waals surface area contributed by atoms with Gasteiger partial charge in [0, 0.05) is 11.1 Å². The maximum atomic E-state index is 11.3. The summed E-state index contributed by atoms with van der Waals surface area (Å²) in [5.74, 6) is -0.148. The number of halogens is 1. The Morgan fingerprint density at radius 1 is 1.64 bits per heavy atom. The van der Waals surface area contributed by atoms with Crippen LogP contribution in [0.1, 0.15) is 29.8 Å². The molecule has 2 unspecified atom stereocenters. The number of hydrogen-bond acceptors (Lipinski definition) is 3. The second-order valence-corrected chi connectivity index (χ2v) is 5.05. The Kier molecular flexibility index (Phi) is 3.89. The van der Waals surface area contributed by atoms with E-state index in [1.165, 1.54) is 0 Å². The van der Waals surface area contributed by atoms with E-state index in [0.29, 0.717) is 0 Å². The third-order valence-corrected chi connectivity index (χ3v) is 3.08. The molecule has 0 saturated heterocycles. The average Bonchev–Trinajstić information content (AvgIpc) is 2.51. The predicted octanol–water partition coefficient (Wildman–Crippen LogP) is 2.26. The number of hydrogen-bond donors (Lipinski definition) is 1. The minimum absolute atomic E-state index is 0.0186. The van der Waals surface area contributed by atoms with Crippen molar-refractivity contribution in [3.05, 3.63) is 16.1 Å². The highest BCUT2D eigenvalue weighted by Gasteiger charge is 2.14. The van der Waals surface area contributed by atoms with Gasteiger partial charge in [0.1, 0.15) is 5.38 Å². The van der Waals surface area contributed by atoms with E-state index in [2.05, 4.69) is 10.3 Å². The third-order valence-electron chi connectivity index (χ3n) is 1.79.